The van der Waals surface area contributed by atoms with Gasteiger partial charge in [-0.25, -0.2) is 11.6 Å². The average Bonchev–Trinajstić information content (AvgIpc) is 3.10. The summed E-state index contributed by atoms with van der Waals surface area (Å²) in [5.74, 6) is -1.36. The molecule has 2 N–H and O–H groups in total. The molecule has 2 aromatic rings. The van der Waals surface area contributed by atoms with Crippen LogP contribution in [-0.2, 0) is 5.66 Å². The summed E-state index contributed by atoms with van der Waals surface area (Å²) < 4.78 is 59.8. The molecule has 0 unspecified atom stereocenters. The van der Waals surface area contributed by atoms with Crippen molar-refractivity contribution in [1.82, 2.24) is 19.7 Å². The molecule has 0 aliphatic heterocycles. The Labute approximate surface area is 182 Å². The van der Waals surface area contributed by atoms with Gasteiger partial charge in [0.2, 0.25) is 11.8 Å². The van der Waals surface area contributed by atoms with Crippen LogP contribution in [0.15, 0.2) is 12.4 Å². The van der Waals surface area contributed by atoms with Crippen LogP contribution < -0.4 is 10.1 Å². The van der Waals surface area contributed by atoms with Crippen molar-refractivity contribution >= 4 is 11.6 Å². The predicted octanol–water partition coefficient (Wildman–Crippen LogP) is 4.34. The molecule has 3 rings (SSSR count). The number of aromatic nitrogens is 4. The number of nitrogens with one attached hydrogen (secondary N) is 1. The Bertz CT molecular complexity index is 1010. The average molecular weight is 456 g/mol. The Hall–Kier alpha value is -2.94. The van der Waals surface area contributed by atoms with Crippen LogP contribution in [0.5, 0.6) is 5.88 Å². The number of hydrogen-bond acceptors (Lipinski definition) is 6. The van der Waals surface area contributed by atoms with Gasteiger partial charge in [-0.1, -0.05) is 0 Å². The zero-order valence-corrected chi connectivity index (χ0v) is 17.9. The fraction of sp³-hybridized carbons (Fsp3) is 0.600. The van der Waals surface area contributed by atoms with Gasteiger partial charge in [0.05, 0.1) is 30.4 Å². The highest BCUT2D eigenvalue weighted by molar-refractivity contribution is 5.55. The number of anilines is 2. The second-order valence-corrected chi connectivity index (χ2v) is 8.43. The van der Waals surface area contributed by atoms with Gasteiger partial charge in [-0.3, -0.25) is 4.85 Å². The van der Waals surface area contributed by atoms with Gasteiger partial charge in [0.15, 0.2) is 5.60 Å². The lowest BCUT2D eigenvalue weighted by Crippen LogP contribution is -2.48. The van der Waals surface area contributed by atoms with Crippen LogP contribution in [0, 0.1) is 25.2 Å². The summed E-state index contributed by atoms with van der Waals surface area (Å²) in [5, 5.41) is 16.9. The monoisotopic (exact) mass is 456 g/mol. The number of hydrogen-bond donors (Lipinski definition) is 2. The summed E-state index contributed by atoms with van der Waals surface area (Å²) in [5.41, 5.74) is -2.46. The van der Waals surface area contributed by atoms with E-state index in [1.807, 2.05) is 0 Å². The molecule has 2 aromatic heterocycles. The molecule has 0 bridgehead atoms. The van der Waals surface area contributed by atoms with Gasteiger partial charge in [-0.2, -0.15) is 32.3 Å². The number of rotatable bonds is 6. The first-order chi connectivity index (χ1) is 14.8. The minimum Gasteiger partial charge on any atom is -0.475 e. The Balaban J connectivity index is 1.64. The molecule has 1 fully saturated rings. The molecule has 8 nitrogen and oxygen atoms in total. The quantitative estimate of drug-likeness (QED) is 0.497. The van der Waals surface area contributed by atoms with Crippen molar-refractivity contribution in [3.63, 3.8) is 0 Å². The van der Waals surface area contributed by atoms with Crippen LogP contribution in [0.1, 0.15) is 45.2 Å². The second-order valence-electron chi connectivity index (χ2n) is 8.43. The van der Waals surface area contributed by atoms with E-state index in [1.165, 1.54) is 4.68 Å². The number of nitrogens with zero attached hydrogens (tertiary/aromatic N) is 5. The first-order valence-corrected chi connectivity index (χ1v) is 10.0. The fourth-order valence-electron chi connectivity index (χ4n) is 3.35. The van der Waals surface area contributed by atoms with Crippen LogP contribution in [0.25, 0.3) is 4.85 Å². The Kier molecular flexibility index (Phi) is 6.33. The van der Waals surface area contributed by atoms with Crippen molar-refractivity contribution in [2.45, 2.75) is 63.9 Å². The van der Waals surface area contributed by atoms with E-state index in [2.05, 4.69) is 25.2 Å². The second kappa shape index (κ2) is 8.54. The van der Waals surface area contributed by atoms with E-state index in [1.54, 1.807) is 27.0 Å². The molecule has 1 aliphatic rings. The van der Waals surface area contributed by atoms with Crippen molar-refractivity contribution in [3.05, 3.63) is 35.3 Å². The molecule has 1 aliphatic carbocycles. The van der Waals surface area contributed by atoms with Gasteiger partial charge in [0, 0.05) is 13.8 Å². The molecule has 0 spiro atoms. The van der Waals surface area contributed by atoms with Crippen LogP contribution in [0.3, 0.4) is 0 Å². The first kappa shape index (κ1) is 23.7. The fourth-order valence-corrected chi connectivity index (χ4v) is 3.35. The van der Waals surface area contributed by atoms with Gasteiger partial charge in [-0.15, -0.1) is 0 Å². The zero-order chi connectivity index (χ0) is 23.7. The molecule has 174 valence electrons. The summed E-state index contributed by atoms with van der Waals surface area (Å²) in [6, 6.07) is 0. The molecule has 0 atom stereocenters. The molecule has 0 aromatic carbocycles. The third kappa shape index (κ3) is 4.93. The third-order valence-electron chi connectivity index (χ3n) is 5.61. The summed E-state index contributed by atoms with van der Waals surface area (Å²) >= 11 is 0. The SMILES string of the molecule is [C-]#[N+]C(C)(C)n1cc(Nc2ncc(F)c(OCC3CCC(O)(C(F)(F)F)CC3)n2)c(C)n1. The van der Waals surface area contributed by atoms with Gasteiger partial charge >= 0.3 is 11.8 Å². The maximum atomic E-state index is 14.1. The Morgan fingerprint density at radius 1 is 1.34 bits per heavy atom. The third-order valence-corrected chi connectivity index (χ3v) is 5.61. The number of aliphatic hydroxyl groups is 1. The summed E-state index contributed by atoms with van der Waals surface area (Å²) in [7, 11) is 0. The minimum atomic E-state index is -4.67. The molecule has 0 saturated heterocycles. The summed E-state index contributed by atoms with van der Waals surface area (Å²) in [6.07, 6.45) is -2.77. The highest BCUT2D eigenvalue weighted by Crippen LogP contribution is 2.43. The van der Waals surface area contributed by atoms with Gasteiger partial charge in [-0.05, 0) is 38.5 Å². The largest absolute Gasteiger partial charge is 0.475 e. The van der Waals surface area contributed by atoms with Crippen LogP contribution >= 0.6 is 0 Å². The molecule has 1 saturated carbocycles. The van der Waals surface area contributed by atoms with E-state index in [-0.39, 0.29) is 37.2 Å². The van der Waals surface area contributed by atoms with Crippen molar-refractivity contribution in [3.8, 4) is 5.88 Å². The van der Waals surface area contributed by atoms with Gasteiger partial charge < -0.3 is 15.2 Å². The minimum absolute atomic E-state index is 0.0303. The molecule has 0 radical (unpaired) electrons. The molecule has 0 amide bonds. The standard InChI is InChI=1S/C20H24F4N6O2/c1-12-15(10-30(29-12)18(2,3)25-4)27-17-26-9-14(21)16(28-17)32-11-13-5-7-19(31,8-6-13)20(22,23)24/h9-10,13,31H,5-8,11H2,1-3H3,(H,26,27,28). The highest BCUT2D eigenvalue weighted by atomic mass is 19.4. The predicted molar refractivity (Wildman–Crippen MR) is 107 cm³/mol. The molecular weight excluding hydrogens is 432 g/mol. The molecule has 2 heterocycles. The number of ether oxygens (including phenoxy) is 1. The van der Waals surface area contributed by atoms with E-state index in [0.29, 0.717) is 11.4 Å². The lowest BCUT2D eigenvalue weighted by molar-refractivity contribution is -0.272. The van der Waals surface area contributed by atoms with Gasteiger partial charge in [0.25, 0.3) is 5.88 Å². The van der Waals surface area contributed by atoms with Gasteiger partial charge in [0.1, 0.15) is 0 Å². The van der Waals surface area contributed by atoms with E-state index in [0.717, 1.165) is 6.20 Å². The lowest BCUT2D eigenvalue weighted by Gasteiger charge is -2.37. The topological polar surface area (TPSA) is 89.5 Å². The van der Waals surface area contributed by atoms with Crippen LogP contribution in [0.2, 0.25) is 0 Å². The maximum absolute atomic E-state index is 14.1. The van der Waals surface area contributed by atoms with E-state index in [9.17, 15) is 22.7 Å². The molecule has 12 heteroatoms. The van der Waals surface area contributed by atoms with E-state index in [4.69, 9.17) is 11.3 Å². The number of halogens is 4. The molecule has 32 heavy (non-hydrogen) atoms. The Morgan fingerprint density at radius 2 is 2.00 bits per heavy atom. The smallest absolute Gasteiger partial charge is 0.417 e. The van der Waals surface area contributed by atoms with Crippen molar-refractivity contribution < 1.29 is 27.4 Å². The Morgan fingerprint density at radius 3 is 2.59 bits per heavy atom. The van der Waals surface area contributed by atoms with Crippen molar-refractivity contribution in [2.24, 2.45) is 5.92 Å². The lowest BCUT2D eigenvalue weighted by atomic mass is 9.79. The maximum Gasteiger partial charge on any atom is 0.417 e. The first-order valence-electron chi connectivity index (χ1n) is 10.0. The van der Waals surface area contributed by atoms with Crippen molar-refractivity contribution in [1.29, 1.82) is 0 Å². The summed E-state index contributed by atoms with van der Waals surface area (Å²) in [6.45, 7) is 12.4. The normalized spacial score (nSPS) is 21.8. The molecular formula is C20H24F4N6O2. The van der Waals surface area contributed by atoms with E-state index >= 15 is 0 Å². The van der Waals surface area contributed by atoms with Crippen LogP contribution in [-0.4, -0.2) is 43.2 Å². The van der Waals surface area contributed by atoms with Crippen molar-refractivity contribution in [2.75, 3.05) is 11.9 Å². The van der Waals surface area contributed by atoms with E-state index < -0.39 is 36.1 Å². The number of aryl methyl sites for hydroxylation is 1. The zero-order valence-electron chi connectivity index (χ0n) is 17.9. The summed E-state index contributed by atoms with van der Waals surface area (Å²) in [4.78, 5) is 11.4. The number of alkyl halides is 3. The van der Waals surface area contributed by atoms with Crippen LogP contribution in [0.4, 0.5) is 29.2 Å². The highest BCUT2D eigenvalue weighted by Gasteiger charge is 2.54.